The Morgan fingerprint density at radius 3 is 2.64 bits per heavy atom. The Balaban J connectivity index is 2.24. The first-order valence-corrected chi connectivity index (χ1v) is 4.81. The highest BCUT2D eigenvalue weighted by molar-refractivity contribution is 9.10. The van der Waals surface area contributed by atoms with Gasteiger partial charge in [0, 0.05) is 5.69 Å². The van der Waals surface area contributed by atoms with Gasteiger partial charge in [-0.15, -0.1) is 10.2 Å². The minimum Gasteiger partial charge on any atom is -0.338 e. The number of nitrogens with one attached hydrogen (secondary N) is 1. The summed E-state index contributed by atoms with van der Waals surface area (Å²) in [6, 6.07) is 9.76. The minimum atomic E-state index is 0.659. The molecule has 0 atom stereocenters. The van der Waals surface area contributed by atoms with Crippen molar-refractivity contribution >= 4 is 27.4 Å². The molecule has 0 fully saturated rings. The molecular formula is C9H7BrN4. The summed E-state index contributed by atoms with van der Waals surface area (Å²) in [6.45, 7) is 0. The van der Waals surface area contributed by atoms with Gasteiger partial charge in [-0.05, 0) is 33.3 Å². The average molecular weight is 251 g/mol. The molecule has 0 bridgehead atoms. The SMILES string of the molecule is Brc1cnnnc1Nc1ccccc1. The summed E-state index contributed by atoms with van der Waals surface area (Å²) in [6.07, 6.45) is 1.60. The van der Waals surface area contributed by atoms with E-state index in [-0.39, 0.29) is 0 Å². The Kier molecular flexibility index (Phi) is 2.69. The van der Waals surface area contributed by atoms with Crippen LogP contribution in [0.3, 0.4) is 0 Å². The number of aromatic nitrogens is 3. The highest BCUT2D eigenvalue weighted by atomic mass is 79.9. The zero-order chi connectivity index (χ0) is 9.80. The first-order valence-electron chi connectivity index (χ1n) is 4.02. The van der Waals surface area contributed by atoms with Gasteiger partial charge in [-0.25, -0.2) is 0 Å². The second kappa shape index (κ2) is 4.15. The molecule has 70 valence electrons. The van der Waals surface area contributed by atoms with Crippen molar-refractivity contribution in [1.82, 2.24) is 15.4 Å². The Hall–Kier alpha value is -1.49. The first-order chi connectivity index (χ1) is 6.86. The lowest BCUT2D eigenvalue weighted by atomic mass is 10.3. The molecule has 5 heteroatoms. The molecule has 0 saturated heterocycles. The second-order valence-corrected chi connectivity index (χ2v) is 3.48. The quantitative estimate of drug-likeness (QED) is 0.890. The summed E-state index contributed by atoms with van der Waals surface area (Å²) < 4.78 is 0.788. The molecule has 0 aliphatic heterocycles. The van der Waals surface area contributed by atoms with Crippen molar-refractivity contribution in [2.75, 3.05) is 5.32 Å². The molecule has 0 aliphatic rings. The molecule has 1 heterocycles. The van der Waals surface area contributed by atoms with Gasteiger partial charge in [0.1, 0.15) is 0 Å². The minimum absolute atomic E-state index is 0.659. The van der Waals surface area contributed by atoms with Gasteiger partial charge in [0.05, 0.1) is 10.7 Å². The van der Waals surface area contributed by atoms with Crippen molar-refractivity contribution in [2.24, 2.45) is 0 Å². The summed E-state index contributed by atoms with van der Waals surface area (Å²) in [7, 11) is 0. The molecule has 0 spiro atoms. The zero-order valence-electron chi connectivity index (χ0n) is 7.18. The van der Waals surface area contributed by atoms with E-state index in [0.29, 0.717) is 5.82 Å². The predicted molar refractivity (Wildman–Crippen MR) is 57.3 cm³/mol. The molecule has 0 aliphatic carbocycles. The van der Waals surface area contributed by atoms with Gasteiger partial charge in [-0.2, -0.15) is 0 Å². The van der Waals surface area contributed by atoms with E-state index in [2.05, 4.69) is 36.7 Å². The molecule has 1 aromatic carbocycles. The number of hydrogen-bond donors (Lipinski definition) is 1. The number of hydrogen-bond acceptors (Lipinski definition) is 4. The van der Waals surface area contributed by atoms with Gasteiger partial charge in [0.2, 0.25) is 0 Å². The number of para-hydroxylation sites is 1. The lowest BCUT2D eigenvalue weighted by Crippen LogP contribution is -1.97. The Morgan fingerprint density at radius 2 is 1.93 bits per heavy atom. The van der Waals surface area contributed by atoms with E-state index in [1.54, 1.807) is 6.20 Å². The van der Waals surface area contributed by atoms with Gasteiger partial charge in [0.15, 0.2) is 5.82 Å². The van der Waals surface area contributed by atoms with Crippen LogP contribution in [0, 0.1) is 0 Å². The lowest BCUT2D eigenvalue weighted by molar-refractivity contribution is 0.864. The number of rotatable bonds is 2. The third-order valence-corrected chi connectivity index (χ3v) is 2.21. The standard InChI is InChI=1S/C9H7BrN4/c10-8-6-11-14-13-9(8)12-7-4-2-1-3-5-7/h1-6H,(H,11,12,13). The molecule has 2 aromatic rings. The van der Waals surface area contributed by atoms with Crippen LogP contribution < -0.4 is 5.32 Å². The van der Waals surface area contributed by atoms with Crippen molar-refractivity contribution in [3.05, 3.63) is 41.0 Å². The van der Waals surface area contributed by atoms with Crippen LogP contribution in [-0.4, -0.2) is 15.4 Å². The zero-order valence-corrected chi connectivity index (χ0v) is 8.77. The van der Waals surface area contributed by atoms with Gasteiger partial charge < -0.3 is 5.32 Å². The summed E-state index contributed by atoms with van der Waals surface area (Å²) in [5.74, 6) is 0.659. The van der Waals surface area contributed by atoms with Gasteiger partial charge in [-0.1, -0.05) is 18.2 Å². The highest BCUT2D eigenvalue weighted by Gasteiger charge is 2.00. The fraction of sp³-hybridized carbons (Fsp3) is 0. The molecular weight excluding hydrogens is 244 g/mol. The van der Waals surface area contributed by atoms with Crippen molar-refractivity contribution < 1.29 is 0 Å². The number of benzene rings is 1. The van der Waals surface area contributed by atoms with Gasteiger partial charge in [0.25, 0.3) is 0 Å². The summed E-state index contributed by atoms with van der Waals surface area (Å²) in [5, 5.41) is 14.2. The van der Waals surface area contributed by atoms with E-state index in [0.717, 1.165) is 10.2 Å². The average Bonchev–Trinajstić information content (AvgIpc) is 2.23. The molecule has 1 aromatic heterocycles. The van der Waals surface area contributed by atoms with Crippen molar-refractivity contribution in [3.63, 3.8) is 0 Å². The van der Waals surface area contributed by atoms with E-state index in [1.807, 2.05) is 30.3 Å². The van der Waals surface area contributed by atoms with Crippen molar-refractivity contribution in [2.45, 2.75) is 0 Å². The van der Waals surface area contributed by atoms with E-state index in [9.17, 15) is 0 Å². The maximum absolute atomic E-state index is 3.85. The Bertz CT molecular complexity index is 418. The molecule has 0 amide bonds. The first kappa shape index (κ1) is 9.08. The predicted octanol–water partition coefficient (Wildman–Crippen LogP) is 2.38. The summed E-state index contributed by atoms with van der Waals surface area (Å²) in [4.78, 5) is 0. The molecule has 2 rings (SSSR count). The fourth-order valence-electron chi connectivity index (χ4n) is 0.999. The molecule has 0 saturated carbocycles. The van der Waals surface area contributed by atoms with Crippen molar-refractivity contribution in [3.8, 4) is 0 Å². The monoisotopic (exact) mass is 250 g/mol. The maximum Gasteiger partial charge on any atom is 0.170 e. The van der Waals surface area contributed by atoms with Crippen LogP contribution >= 0.6 is 15.9 Å². The molecule has 4 nitrogen and oxygen atoms in total. The molecule has 14 heavy (non-hydrogen) atoms. The third kappa shape index (κ3) is 2.05. The summed E-state index contributed by atoms with van der Waals surface area (Å²) in [5.41, 5.74) is 0.966. The van der Waals surface area contributed by atoms with Crippen molar-refractivity contribution in [1.29, 1.82) is 0 Å². The van der Waals surface area contributed by atoms with E-state index < -0.39 is 0 Å². The lowest BCUT2D eigenvalue weighted by Gasteiger charge is -2.04. The number of nitrogens with zero attached hydrogens (tertiary/aromatic N) is 3. The van der Waals surface area contributed by atoms with Crippen LogP contribution in [0.15, 0.2) is 41.0 Å². The molecule has 0 radical (unpaired) electrons. The van der Waals surface area contributed by atoms with E-state index >= 15 is 0 Å². The van der Waals surface area contributed by atoms with Crippen LogP contribution in [-0.2, 0) is 0 Å². The topological polar surface area (TPSA) is 50.7 Å². The van der Waals surface area contributed by atoms with Crippen LogP contribution in [0.25, 0.3) is 0 Å². The largest absolute Gasteiger partial charge is 0.338 e. The Morgan fingerprint density at radius 1 is 1.14 bits per heavy atom. The number of anilines is 2. The third-order valence-electron chi connectivity index (χ3n) is 1.63. The molecule has 0 unspecified atom stereocenters. The Labute approximate surface area is 89.5 Å². The van der Waals surface area contributed by atoms with Crippen LogP contribution in [0.5, 0.6) is 0 Å². The highest BCUT2D eigenvalue weighted by Crippen LogP contribution is 2.20. The summed E-state index contributed by atoms with van der Waals surface area (Å²) >= 11 is 3.33. The van der Waals surface area contributed by atoms with E-state index in [4.69, 9.17) is 0 Å². The van der Waals surface area contributed by atoms with Crippen LogP contribution in [0.4, 0.5) is 11.5 Å². The van der Waals surface area contributed by atoms with Crippen LogP contribution in [0.2, 0.25) is 0 Å². The smallest absolute Gasteiger partial charge is 0.170 e. The van der Waals surface area contributed by atoms with Crippen LogP contribution in [0.1, 0.15) is 0 Å². The normalized spacial score (nSPS) is 9.79. The van der Waals surface area contributed by atoms with Gasteiger partial charge >= 0.3 is 0 Å². The fourth-order valence-corrected chi connectivity index (χ4v) is 1.27. The second-order valence-electron chi connectivity index (χ2n) is 2.62. The maximum atomic E-state index is 3.85. The van der Waals surface area contributed by atoms with Gasteiger partial charge in [-0.3, -0.25) is 0 Å². The number of halogens is 1. The van der Waals surface area contributed by atoms with E-state index in [1.165, 1.54) is 0 Å². The molecule has 1 N–H and O–H groups in total.